The van der Waals surface area contributed by atoms with Gasteiger partial charge in [-0.3, -0.25) is 9.78 Å². The standard InChI is InChI=1S/C23H23F2NO3/c1-14(20-18(10-7-11-26-20)29-16-8-5-4-6-9-16)28-21(27)19-17(22(19,2)3)12-15-13-23(15,24)25/h4-12,14,17,19H,13H2,1-3H3. The van der Waals surface area contributed by atoms with Crippen LogP contribution in [0.4, 0.5) is 8.78 Å². The van der Waals surface area contributed by atoms with Crippen LogP contribution >= 0.6 is 0 Å². The number of benzene rings is 1. The summed E-state index contributed by atoms with van der Waals surface area (Å²) < 4.78 is 38.0. The highest BCUT2D eigenvalue weighted by atomic mass is 19.3. The Labute approximate surface area is 168 Å². The van der Waals surface area contributed by atoms with E-state index in [0.717, 1.165) is 0 Å². The van der Waals surface area contributed by atoms with E-state index >= 15 is 0 Å². The first kappa shape index (κ1) is 19.6. The third-order valence-corrected chi connectivity index (χ3v) is 5.75. The summed E-state index contributed by atoms with van der Waals surface area (Å²) in [6.45, 7) is 5.53. The minimum atomic E-state index is -2.70. The molecule has 1 aromatic heterocycles. The summed E-state index contributed by atoms with van der Waals surface area (Å²) in [7, 11) is 0. The van der Waals surface area contributed by atoms with E-state index in [1.54, 1.807) is 31.3 Å². The van der Waals surface area contributed by atoms with Crippen LogP contribution in [0.1, 0.15) is 39.0 Å². The fourth-order valence-corrected chi connectivity index (χ4v) is 3.74. The number of ether oxygens (including phenoxy) is 2. The van der Waals surface area contributed by atoms with E-state index in [1.165, 1.54) is 0 Å². The molecule has 0 amide bonds. The Hall–Kier alpha value is -2.76. The van der Waals surface area contributed by atoms with E-state index in [0.29, 0.717) is 17.2 Å². The van der Waals surface area contributed by atoms with Crippen LogP contribution in [0.25, 0.3) is 0 Å². The fourth-order valence-electron chi connectivity index (χ4n) is 3.74. The lowest BCUT2D eigenvalue weighted by molar-refractivity contribution is -0.151. The minimum absolute atomic E-state index is 0.127. The monoisotopic (exact) mass is 399 g/mol. The van der Waals surface area contributed by atoms with E-state index < -0.39 is 29.3 Å². The predicted molar refractivity (Wildman–Crippen MR) is 104 cm³/mol. The van der Waals surface area contributed by atoms with Gasteiger partial charge in [0.25, 0.3) is 5.92 Å². The molecule has 1 aromatic carbocycles. The molecule has 0 spiro atoms. The molecule has 152 valence electrons. The molecule has 29 heavy (non-hydrogen) atoms. The molecule has 2 saturated carbocycles. The van der Waals surface area contributed by atoms with Crippen molar-refractivity contribution < 1.29 is 23.0 Å². The Kier molecular flexibility index (Phi) is 4.68. The number of halogens is 2. The van der Waals surface area contributed by atoms with E-state index in [2.05, 4.69) is 4.98 Å². The van der Waals surface area contributed by atoms with Crippen molar-refractivity contribution in [2.24, 2.45) is 17.3 Å². The number of allylic oxidation sites excluding steroid dienone is 2. The molecule has 2 fully saturated rings. The Balaban J connectivity index is 1.45. The molecule has 0 N–H and O–H groups in total. The third kappa shape index (κ3) is 3.88. The van der Waals surface area contributed by atoms with Crippen LogP contribution in [-0.2, 0) is 9.53 Å². The van der Waals surface area contributed by atoms with Crippen molar-refractivity contribution in [3.05, 3.63) is 66.0 Å². The summed E-state index contributed by atoms with van der Waals surface area (Å²) in [4.78, 5) is 17.1. The molecule has 2 aliphatic carbocycles. The van der Waals surface area contributed by atoms with Gasteiger partial charge in [0.15, 0.2) is 5.75 Å². The van der Waals surface area contributed by atoms with E-state index in [9.17, 15) is 13.6 Å². The highest BCUT2D eigenvalue weighted by molar-refractivity contribution is 5.78. The number of hydrogen-bond donors (Lipinski definition) is 0. The Bertz CT molecular complexity index is 956. The van der Waals surface area contributed by atoms with Crippen LogP contribution in [0.2, 0.25) is 0 Å². The summed E-state index contributed by atoms with van der Waals surface area (Å²) in [5, 5.41) is 0. The maximum absolute atomic E-state index is 13.2. The zero-order chi connectivity index (χ0) is 20.8. The minimum Gasteiger partial charge on any atom is -0.456 e. The van der Waals surface area contributed by atoms with Crippen LogP contribution in [0.15, 0.2) is 60.3 Å². The summed E-state index contributed by atoms with van der Waals surface area (Å²) in [5.41, 5.74) is 0.240. The first-order valence-electron chi connectivity index (χ1n) is 9.67. The van der Waals surface area contributed by atoms with Crippen molar-refractivity contribution in [2.75, 3.05) is 0 Å². The quantitative estimate of drug-likeness (QED) is 0.461. The second kappa shape index (κ2) is 6.94. The lowest BCUT2D eigenvalue weighted by Crippen LogP contribution is -2.15. The number of para-hydroxylation sites is 1. The summed E-state index contributed by atoms with van der Waals surface area (Å²) in [5.74, 6) is -2.60. The maximum Gasteiger partial charge on any atom is 0.310 e. The molecule has 4 nitrogen and oxygen atoms in total. The average Bonchev–Trinajstić information content (AvgIpc) is 3.46. The lowest BCUT2D eigenvalue weighted by atomic mass is 10.1. The molecule has 2 aliphatic rings. The van der Waals surface area contributed by atoms with Gasteiger partial charge in [-0.25, -0.2) is 8.78 Å². The first-order chi connectivity index (χ1) is 13.7. The topological polar surface area (TPSA) is 48.4 Å². The molecule has 1 heterocycles. The van der Waals surface area contributed by atoms with Crippen LogP contribution in [0.5, 0.6) is 11.5 Å². The van der Waals surface area contributed by atoms with Crippen molar-refractivity contribution in [1.82, 2.24) is 4.98 Å². The van der Waals surface area contributed by atoms with Gasteiger partial charge in [0, 0.05) is 18.2 Å². The second-order valence-corrected chi connectivity index (χ2v) is 8.28. The van der Waals surface area contributed by atoms with Crippen molar-refractivity contribution in [3.8, 4) is 11.5 Å². The first-order valence-corrected chi connectivity index (χ1v) is 9.67. The fraction of sp³-hybridized carbons (Fsp3) is 0.391. The Morgan fingerprint density at radius 1 is 1.21 bits per heavy atom. The summed E-state index contributed by atoms with van der Waals surface area (Å²) in [6, 6.07) is 12.8. The van der Waals surface area contributed by atoms with Gasteiger partial charge in [0.2, 0.25) is 0 Å². The average molecular weight is 399 g/mol. The van der Waals surface area contributed by atoms with Crippen molar-refractivity contribution >= 4 is 5.97 Å². The zero-order valence-corrected chi connectivity index (χ0v) is 16.6. The van der Waals surface area contributed by atoms with Crippen LogP contribution in [-0.4, -0.2) is 16.9 Å². The highest BCUT2D eigenvalue weighted by Gasteiger charge is 2.64. The highest BCUT2D eigenvalue weighted by Crippen LogP contribution is 2.62. The SMILES string of the molecule is CC(OC(=O)C1C(C=C2CC2(F)F)C1(C)C)c1ncccc1Oc1ccccc1. The molecular formula is C23H23F2NO3. The molecule has 0 saturated heterocycles. The number of esters is 1. The molecular weight excluding hydrogens is 376 g/mol. The van der Waals surface area contributed by atoms with Gasteiger partial charge in [-0.1, -0.05) is 38.1 Å². The predicted octanol–water partition coefficient (Wildman–Crippen LogP) is 5.72. The van der Waals surface area contributed by atoms with Gasteiger partial charge in [-0.2, -0.15) is 0 Å². The maximum atomic E-state index is 13.2. The van der Waals surface area contributed by atoms with Crippen LogP contribution in [0.3, 0.4) is 0 Å². The largest absolute Gasteiger partial charge is 0.456 e. The molecule has 4 rings (SSSR count). The van der Waals surface area contributed by atoms with Gasteiger partial charge in [-0.15, -0.1) is 0 Å². The number of alkyl halides is 2. The zero-order valence-electron chi connectivity index (χ0n) is 16.6. The number of aromatic nitrogens is 1. The number of carbonyl (C=O) groups excluding carboxylic acids is 1. The second-order valence-electron chi connectivity index (χ2n) is 8.28. The number of nitrogens with zero attached hydrogens (tertiary/aromatic N) is 1. The Morgan fingerprint density at radius 3 is 2.55 bits per heavy atom. The Morgan fingerprint density at radius 2 is 1.90 bits per heavy atom. The number of carbonyl (C=O) groups is 1. The van der Waals surface area contributed by atoms with Gasteiger partial charge in [-0.05, 0) is 42.5 Å². The molecule has 0 aliphatic heterocycles. The van der Waals surface area contributed by atoms with Crippen LogP contribution in [0, 0.1) is 17.3 Å². The summed E-state index contributed by atoms with van der Waals surface area (Å²) in [6.07, 6.45) is 2.34. The van der Waals surface area contributed by atoms with Crippen molar-refractivity contribution in [1.29, 1.82) is 0 Å². The van der Waals surface area contributed by atoms with Gasteiger partial charge >= 0.3 is 5.97 Å². The van der Waals surface area contributed by atoms with E-state index in [4.69, 9.17) is 9.47 Å². The van der Waals surface area contributed by atoms with Crippen molar-refractivity contribution in [3.63, 3.8) is 0 Å². The molecule has 3 unspecified atom stereocenters. The van der Waals surface area contributed by atoms with Crippen molar-refractivity contribution in [2.45, 2.75) is 39.2 Å². The molecule has 6 heteroatoms. The lowest BCUT2D eigenvalue weighted by Gasteiger charge is -2.17. The number of rotatable bonds is 6. The summed E-state index contributed by atoms with van der Waals surface area (Å²) >= 11 is 0. The number of hydrogen-bond acceptors (Lipinski definition) is 4. The molecule has 2 aromatic rings. The van der Waals surface area contributed by atoms with Gasteiger partial charge in [0.1, 0.15) is 17.5 Å². The van der Waals surface area contributed by atoms with Crippen LogP contribution < -0.4 is 4.74 Å². The van der Waals surface area contributed by atoms with Gasteiger partial charge in [0.05, 0.1) is 5.92 Å². The third-order valence-electron chi connectivity index (χ3n) is 5.75. The molecule has 0 bridgehead atoms. The van der Waals surface area contributed by atoms with Gasteiger partial charge < -0.3 is 9.47 Å². The van der Waals surface area contributed by atoms with E-state index in [1.807, 2.05) is 44.2 Å². The molecule has 3 atom stereocenters. The molecule has 0 radical (unpaired) electrons. The van der Waals surface area contributed by atoms with E-state index in [-0.39, 0.29) is 17.9 Å². The number of pyridine rings is 1. The smallest absolute Gasteiger partial charge is 0.310 e. The normalized spacial score (nSPS) is 25.9.